The summed E-state index contributed by atoms with van der Waals surface area (Å²) >= 11 is 3.04. The molecule has 2 bridgehead atoms. The smallest absolute Gasteiger partial charge is 0.305 e. The molecule has 5 nitrogen and oxygen atoms in total. The molecule has 0 spiro atoms. The van der Waals surface area contributed by atoms with E-state index in [0.717, 1.165) is 21.9 Å². The number of benzene rings is 1. The Kier molecular flexibility index (Phi) is 3.49. The molecule has 1 N–H and O–H groups in total. The zero-order chi connectivity index (χ0) is 20.2. The lowest BCUT2D eigenvalue weighted by atomic mass is 9.64. The molecule has 3 heterocycles. The van der Waals surface area contributed by atoms with E-state index in [1.54, 1.807) is 11.8 Å². The molecule has 0 unspecified atom stereocenters. The molecule has 3 fully saturated rings. The van der Waals surface area contributed by atoms with Crippen molar-refractivity contribution in [2.24, 2.45) is 29.6 Å². The Morgan fingerprint density at radius 2 is 1.69 bits per heavy atom. The van der Waals surface area contributed by atoms with E-state index in [0.29, 0.717) is 11.6 Å². The molecule has 1 saturated heterocycles. The summed E-state index contributed by atoms with van der Waals surface area (Å²) in [5, 5.41) is 1.26. The zero-order valence-electron chi connectivity index (χ0n) is 16.5. The largest absolute Gasteiger partial charge is 0.307 e. The van der Waals surface area contributed by atoms with Crippen molar-refractivity contribution in [1.82, 2.24) is 4.98 Å². The first-order chi connectivity index (χ1) is 13.8. The summed E-state index contributed by atoms with van der Waals surface area (Å²) in [6.07, 6.45) is 0.944. The molecule has 2 aromatic rings. The summed E-state index contributed by atoms with van der Waals surface area (Å²) in [5.41, 5.74) is 1.63. The number of carbonyl (C=O) groups is 2. The maximum atomic E-state index is 13.5. The second kappa shape index (κ2) is 5.64. The van der Waals surface area contributed by atoms with Gasteiger partial charge in [0.2, 0.25) is 11.8 Å². The minimum atomic E-state index is -0.217. The van der Waals surface area contributed by atoms with Crippen molar-refractivity contribution in [2.75, 3.05) is 4.90 Å². The van der Waals surface area contributed by atoms with Crippen molar-refractivity contribution in [3.8, 4) is 0 Å². The van der Waals surface area contributed by atoms with Crippen molar-refractivity contribution < 1.29 is 9.59 Å². The van der Waals surface area contributed by atoms with E-state index in [1.165, 1.54) is 16.2 Å². The lowest BCUT2D eigenvalue weighted by Crippen LogP contribution is -2.48. The van der Waals surface area contributed by atoms with Crippen LogP contribution in [0.2, 0.25) is 0 Å². The van der Waals surface area contributed by atoms with Crippen LogP contribution >= 0.6 is 23.1 Å². The van der Waals surface area contributed by atoms with Gasteiger partial charge in [-0.1, -0.05) is 42.9 Å². The summed E-state index contributed by atoms with van der Waals surface area (Å²) in [5.74, 6) is 0.226. The summed E-state index contributed by atoms with van der Waals surface area (Å²) in [4.78, 5) is 44.4. The number of thiazole rings is 1. The van der Waals surface area contributed by atoms with E-state index in [-0.39, 0.29) is 51.0 Å². The Labute approximate surface area is 176 Å². The van der Waals surface area contributed by atoms with Gasteiger partial charge in [-0.05, 0) is 43.2 Å². The number of nitrogens with zero attached hydrogens (tertiary/aromatic N) is 1. The predicted molar refractivity (Wildman–Crippen MR) is 113 cm³/mol. The topological polar surface area (TPSA) is 70.2 Å². The molecule has 0 radical (unpaired) electrons. The summed E-state index contributed by atoms with van der Waals surface area (Å²) < 4.78 is 0. The van der Waals surface area contributed by atoms with Crippen LogP contribution in [0.1, 0.15) is 30.7 Å². The Hall–Kier alpha value is -1.86. The van der Waals surface area contributed by atoms with Gasteiger partial charge in [0.1, 0.15) is 0 Å². The number of anilines is 1. The minimum Gasteiger partial charge on any atom is -0.307 e. The molecular formula is C22H22N2O3S2. The van der Waals surface area contributed by atoms with Gasteiger partial charge in [0.15, 0.2) is 0 Å². The molecule has 150 valence electrons. The van der Waals surface area contributed by atoms with Crippen LogP contribution in [0.25, 0.3) is 0 Å². The molecule has 6 atom stereocenters. The highest BCUT2D eigenvalue weighted by Gasteiger charge is 2.70. The highest BCUT2D eigenvalue weighted by molar-refractivity contribution is 8.00. The van der Waals surface area contributed by atoms with Crippen molar-refractivity contribution in [3.63, 3.8) is 0 Å². The summed E-state index contributed by atoms with van der Waals surface area (Å²) in [7, 11) is 0. The molecular weight excluding hydrogens is 404 g/mol. The van der Waals surface area contributed by atoms with Gasteiger partial charge in [0.05, 0.1) is 22.5 Å². The van der Waals surface area contributed by atoms with Gasteiger partial charge in [-0.2, -0.15) is 0 Å². The van der Waals surface area contributed by atoms with Crippen molar-refractivity contribution >= 4 is 40.6 Å². The van der Waals surface area contributed by atoms with E-state index in [2.05, 4.69) is 18.8 Å². The number of H-pyrrole nitrogens is 1. The number of aryl methyl sites for hydroxylation is 1. The maximum absolute atomic E-state index is 13.5. The van der Waals surface area contributed by atoms with E-state index < -0.39 is 0 Å². The lowest BCUT2D eigenvalue weighted by molar-refractivity contribution is -0.123. The standard InChI is InChI=1S/C22H22N2O3S2/c1-9-4-6-10(7-5-9)24-19(25)13-11-8-12(14(13)20(24)26)16-15(11)22(2,3)17-18(28-16)23-21(27)29-17/h4-7,11-16H,8H2,1-3H3,(H,23,27)/t11-,12+,13-,14-,15+,16+/m0/s1. The number of hydrogen-bond donors (Lipinski definition) is 1. The summed E-state index contributed by atoms with van der Waals surface area (Å²) in [6.45, 7) is 6.42. The van der Waals surface area contributed by atoms with Crippen LogP contribution in [0.3, 0.4) is 0 Å². The normalized spacial score (nSPS) is 36.3. The fraction of sp³-hybridized carbons (Fsp3) is 0.500. The molecule has 1 aromatic heterocycles. The van der Waals surface area contributed by atoms with Gasteiger partial charge < -0.3 is 4.98 Å². The second-order valence-electron chi connectivity index (χ2n) is 9.47. The molecule has 2 aliphatic carbocycles. The number of thioether (sulfide) groups is 1. The third-order valence-electron chi connectivity index (χ3n) is 7.68. The fourth-order valence-corrected chi connectivity index (χ4v) is 9.76. The molecule has 2 saturated carbocycles. The average molecular weight is 427 g/mol. The first-order valence-electron chi connectivity index (χ1n) is 10.1. The van der Waals surface area contributed by atoms with E-state index in [9.17, 15) is 14.4 Å². The molecule has 29 heavy (non-hydrogen) atoms. The Morgan fingerprint density at radius 1 is 1.03 bits per heavy atom. The van der Waals surface area contributed by atoms with Crippen molar-refractivity contribution in [3.05, 3.63) is 44.4 Å². The van der Waals surface area contributed by atoms with E-state index in [4.69, 9.17) is 0 Å². The number of amides is 2. The van der Waals surface area contributed by atoms with Gasteiger partial charge in [-0.3, -0.25) is 19.3 Å². The third-order valence-corrected chi connectivity index (χ3v) is 10.5. The van der Waals surface area contributed by atoms with Gasteiger partial charge >= 0.3 is 4.87 Å². The minimum absolute atomic E-state index is 0.0132. The Bertz CT molecular complexity index is 1120. The molecule has 2 aliphatic heterocycles. The molecule has 2 amide bonds. The Morgan fingerprint density at radius 3 is 2.38 bits per heavy atom. The SMILES string of the molecule is Cc1ccc(N2C(=O)[C@H]3[C@H]4C[C@@H]([C@@H]3C2=O)[C@@H]2[C@@H]4Sc3[nH]c(=O)sc3C2(C)C)cc1. The number of aromatic amines is 1. The number of nitrogens with one attached hydrogen (secondary N) is 1. The van der Waals surface area contributed by atoms with E-state index in [1.807, 2.05) is 31.2 Å². The monoisotopic (exact) mass is 426 g/mol. The van der Waals surface area contributed by atoms with Gasteiger partial charge in [0, 0.05) is 15.5 Å². The van der Waals surface area contributed by atoms with Crippen molar-refractivity contribution in [1.29, 1.82) is 0 Å². The van der Waals surface area contributed by atoms with E-state index >= 15 is 0 Å². The number of imide groups is 1. The first-order valence-corrected chi connectivity index (χ1v) is 11.8. The van der Waals surface area contributed by atoms with Crippen LogP contribution in [-0.4, -0.2) is 22.0 Å². The van der Waals surface area contributed by atoms with Crippen LogP contribution in [-0.2, 0) is 15.0 Å². The van der Waals surface area contributed by atoms with Gasteiger partial charge in [-0.15, -0.1) is 11.8 Å². The zero-order valence-corrected chi connectivity index (χ0v) is 18.1. The van der Waals surface area contributed by atoms with Crippen LogP contribution in [0, 0.1) is 36.5 Å². The molecule has 4 aliphatic rings. The Balaban J connectivity index is 1.42. The van der Waals surface area contributed by atoms with Crippen LogP contribution in [0.5, 0.6) is 0 Å². The van der Waals surface area contributed by atoms with Crippen LogP contribution < -0.4 is 9.77 Å². The van der Waals surface area contributed by atoms with Gasteiger partial charge in [0.25, 0.3) is 0 Å². The van der Waals surface area contributed by atoms with Gasteiger partial charge in [-0.25, -0.2) is 0 Å². The fourth-order valence-electron chi connectivity index (χ4n) is 6.60. The number of aromatic nitrogens is 1. The molecule has 7 heteroatoms. The first kappa shape index (κ1) is 18.0. The maximum Gasteiger partial charge on any atom is 0.305 e. The highest BCUT2D eigenvalue weighted by atomic mass is 32.2. The number of carbonyl (C=O) groups excluding carboxylic acids is 2. The second-order valence-corrected chi connectivity index (χ2v) is 11.6. The number of rotatable bonds is 1. The van der Waals surface area contributed by atoms with Crippen molar-refractivity contribution in [2.45, 2.75) is 42.9 Å². The number of fused-ring (bicyclic) bond motifs is 9. The third kappa shape index (κ3) is 2.15. The predicted octanol–water partition coefficient (Wildman–Crippen LogP) is 3.57. The summed E-state index contributed by atoms with van der Waals surface area (Å²) in [6, 6.07) is 7.65. The highest BCUT2D eigenvalue weighted by Crippen LogP contribution is 2.69. The van der Waals surface area contributed by atoms with Crippen LogP contribution in [0.15, 0.2) is 34.1 Å². The van der Waals surface area contributed by atoms with Crippen LogP contribution in [0.4, 0.5) is 5.69 Å². The molecule has 6 rings (SSSR count). The quantitative estimate of drug-likeness (QED) is 0.708. The average Bonchev–Trinajstić information content (AvgIpc) is 3.38. The molecule has 1 aromatic carbocycles. The lowest BCUT2D eigenvalue weighted by Gasteiger charge is -2.47. The number of hydrogen-bond acceptors (Lipinski definition) is 5.